The Morgan fingerprint density at radius 3 is 2.79 bits per heavy atom. The average Bonchev–Trinajstić information content (AvgIpc) is 2.74. The van der Waals surface area contributed by atoms with Crippen LogP contribution in [0.1, 0.15) is 18.9 Å². The van der Waals surface area contributed by atoms with E-state index in [1.165, 1.54) is 19.4 Å². The number of phenols is 1. The Bertz CT molecular complexity index is 1050. The molecule has 0 heterocycles. The lowest BCUT2D eigenvalue weighted by atomic mass is 10.1. The lowest BCUT2D eigenvalue weighted by Gasteiger charge is -2.17. The number of amides is 1. The van der Waals surface area contributed by atoms with Crippen molar-refractivity contribution >= 4 is 38.8 Å². The van der Waals surface area contributed by atoms with E-state index in [-0.39, 0.29) is 11.7 Å². The minimum Gasteiger partial charge on any atom is -0.507 e. The molecule has 0 saturated heterocycles. The Morgan fingerprint density at radius 1 is 1.24 bits per heavy atom. The van der Waals surface area contributed by atoms with Crippen molar-refractivity contribution in [1.29, 1.82) is 0 Å². The maximum absolute atomic E-state index is 12.5. The fourth-order valence-electron chi connectivity index (χ4n) is 2.78. The first-order chi connectivity index (χ1) is 14.0. The largest absolute Gasteiger partial charge is 0.507 e. The van der Waals surface area contributed by atoms with Gasteiger partial charge in [-0.15, -0.1) is 0 Å². The van der Waals surface area contributed by atoms with Gasteiger partial charge in [0.15, 0.2) is 6.10 Å². The Hall–Kier alpha value is -3.06. The van der Waals surface area contributed by atoms with Crippen molar-refractivity contribution in [3.63, 3.8) is 0 Å². The minimum absolute atomic E-state index is 0.0344. The molecular weight excluding hydrogens is 436 g/mol. The third-order valence-corrected chi connectivity index (χ3v) is 5.19. The zero-order valence-corrected chi connectivity index (χ0v) is 17.6. The van der Waals surface area contributed by atoms with Gasteiger partial charge in [0, 0.05) is 5.56 Å². The third-order valence-electron chi connectivity index (χ3n) is 4.37. The fraction of sp³-hybridized carbons (Fsp3) is 0.182. The Morgan fingerprint density at radius 2 is 2.03 bits per heavy atom. The van der Waals surface area contributed by atoms with Gasteiger partial charge < -0.3 is 14.6 Å². The summed E-state index contributed by atoms with van der Waals surface area (Å²) in [6.07, 6.45) is 1.10. The highest BCUT2D eigenvalue weighted by Gasteiger charge is 2.19. The van der Waals surface area contributed by atoms with E-state index in [1.54, 1.807) is 12.1 Å². The summed E-state index contributed by atoms with van der Waals surface area (Å²) < 4.78 is 11.8. The van der Waals surface area contributed by atoms with Gasteiger partial charge in [0.2, 0.25) is 0 Å². The summed E-state index contributed by atoms with van der Waals surface area (Å²) >= 11 is 3.57. The molecule has 1 atom stereocenters. The number of fused-ring (bicyclic) bond motifs is 1. The van der Waals surface area contributed by atoms with Gasteiger partial charge in [0.05, 0.1) is 17.8 Å². The first kappa shape index (κ1) is 20.7. The fourth-order valence-corrected chi connectivity index (χ4v) is 3.37. The zero-order chi connectivity index (χ0) is 20.8. The van der Waals surface area contributed by atoms with E-state index in [9.17, 15) is 9.90 Å². The van der Waals surface area contributed by atoms with Crippen LogP contribution in [0.25, 0.3) is 10.8 Å². The number of benzene rings is 3. The molecule has 0 aliphatic rings. The summed E-state index contributed by atoms with van der Waals surface area (Å²) in [7, 11) is 1.53. The van der Waals surface area contributed by atoms with Crippen molar-refractivity contribution in [3.8, 4) is 17.2 Å². The second-order valence-electron chi connectivity index (χ2n) is 6.27. The van der Waals surface area contributed by atoms with Crippen LogP contribution in [0.2, 0.25) is 0 Å². The normalized spacial score (nSPS) is 12.1. The number of hydrogen-bond donors (Lipinski definition) is 2. The molecule has 0 aromatic heterocycles. The number of carbonyl (C=O) groups excluding carboxylic acids is 1. The summed E-state index contributed by atoms with van der Waals surface area (Å²) in [5.41, 5.74) is 2.89. The molecule has 0 unspecified atom stereocenters. The number of halogens is 1. The second kappa shape index (κ2) is 9.43. The van der Waals surface area contributed by atoms with Gasteiger partial charge in [0.1, 0.15) is 17.2 Å². The van der Waals surface area contributed by atoms with Crippen molar-refractivity contribution in [2.45, 2.75) is 19.4 Å². The maximum atomic E-state index is 12.5. The van der Waals surface area contributed by atoms with Crippen LogP contribution >= 0.6 is 15.9 Å². The molecule has 3 rings (SSSR count). The van der Waals surface area contributed by atoms with Crippen LogP contribution in [-0.4, -0.2) is 30.4 Å². The molecule has 3 aromatic carbocycles. The summed E-state index contributed by atoms with van der Waals surface area (Å²) in [5, 5.41) is 15.9. The van der Waals surface area contributed by atoms with E-state index in [1.807, 2.05) is 43.3 Å². The summed E-state index contributed by atoms with van der Waals surface area (Å²) in [6, 6.07) is 16.4. The van der Waals surface area contributed by atoms with Crippen LogP contribution in [0.3, 0.4) is 0 Å². The van der Waals surface area contributed by atoms with Gasteiger partial charge in [-0.05, 0) is 57.4 Å². The average molecular weight is 457 g/mol. The third kappa shape index (κ3) is 4.86. The van der Waals surface area contributed by atoms with Crippen molar-refractivity contribution in [3.05, 3.63) is 64.6 Å². The summed E-state index contributed by atoms with van der Waals surface area (Å²) in [6.45, 7) is 1.86. The molecule has 0 aliphatic heterocycles. The number of nitrogens with one attached hydrogen (secondary N) is 1. The van der Waals surface area contributed by atoms with Crippen LogP contribution in [-0.2, 0) is 4.79 Å². The lowest BCUT2D eigenvalue weighted by Crippen LogP contribution is -2.35. The smallest absolute Gasteiger partial charge is 0.281 e. The van der Waals surface area contributed by atoms with E-state index in [4.69, 9.17) is 9.47 Å². The maximum Gasteiger partial charge on any atom is 0.281 e. The summed E-state index contributed by atoms with van der Waals surface area (Å²) in [4.78, 5) is 12.5. The second-order valence-corrected chi connectivity index (χ2v) is 7.07. The molecule has 150 valence electrons. The minimum atomic E-state index is -0.719. The SMILES string of the molecule is CC[C@H](Oc1ccc2ccccc2c1Br)C(=O)N/N=C/c1cc(OC)ccc1O. The van der Waals surface area contributed by atoms with Crippen molar-refractivity contribution in [2.24, 2.45) is 5.10 Å². The van der Waals surface area contributed by atoms with Crippen LogP contribution < -0.4 is 14.9 Å². The topological polar surface area (TPSA) is 80.2 Å². The number of methoxy groups -OCH3 is 1. The molecule has 1 amide bonds. The number of nitrogens with zero attached hydrogens (tertiary/aromatic N) is 1. The molecule has 0 saturated carbocycles. The number of hydrogen-bond acceptors (Lipinski definition) is 5. The van der Waals surface area contributed by atoms with E-state index in [0.717, 1.165) is 15.2 Å². The van der Waals surface area contributed by atoms with Crippen molar-refractivity contribution in [1.82, 2.24) is 5.43 Å². The highest BCUT2D eigenvalue weighted by molar-refractivity contribution is 9.10. The number of aromatic hydroxyl groups is 1. The van der Waals surface area contributed by atoms with E-state index in [0.29, 0.717) is 23.5 Å². The van der Waals surface area contributed by atoms with Gasteiger partial charge >= 0.3 is 0 Å². The molecule has 2 N–H and O–H groups in total. The van der Waals surface area contributed by atoms with Crippen molar-refractivity contribution in [2.75, 3.05) is 7.11 Å². The molecule has 7 heteroatoms. The quantitative estimate of drug-likeness (QED) is 0.401. The Balaban J connectivity index is 1.70. The number of carbonyl (C=O) groups is 1. The molecule has 0 fully saturated rings. The first-order valence-corrected chi connectivity index (χ1v) is 9.86. The standard InChI is InChI=1S/C22H21BrN2O4/c1-3-19(29-20-11-8-14-6-4-5-7-17(14)21(20)23)22(27)25-24-13-15-12-16(28-2)9-10-18(15)26/h4-13,19,26H,3H2,1-2H3,(H,25,27)/b24-13+/t19-/m0/s1. The van der Waals surface area contributed by atoms with E-state index < -0.39 is 6.10 Å². The Labute approximate surface area is 177 Å². The molecule has 6 nitrogen and oxygen atoms in total. The van der Waals surface area contributed by atoms with Crippen LogP contribution in [0, 0.1) is 0 Å². The first-order valence-electron chi connectivity index (χ1n) is 9.07. The Kier molecular flexibility index (Phi) is 6.72. The lowest BCUT2D eigenvalue weighted by molar-refractivity contribution is -0.128. The van der Waals surface area contributed by atoms with Crippen LogP contribution in [0.15, 0.2) is 64.2 Å². The van der Waals surface area contributed by atoms with Crippen LogP contribution in [0.5, 0.6) is 17.2 Å². The van der Waals surface area contributed by atoms with Gasteiger partial charge in [-0.3, -0.25) is 4.79 Å². The highest BCUT2D eigenvalue weighted by Crippen LogP contribution is 2.33. The van der Waals surface area contributed by atoms with Gasteiger partial charge in [0.25, 0.3) is 5.91 Å². The molecular formula is C22H21BrN2O4. The van der Waals surface area contributed by atoms with E-state index >= 15 is 0 Å². The molecule has 0 radical (unpaired) electrons. The zero-order valence-electron chi connectivity index (χ0n) is 16.1. The van der Waals surface area contributed by atoms with E-state index in [2.05, 4.69) is 26.5 Å². The number of phenolic OH excluding ortho intramolecular Hbond substituents is 1. The molecule has 3 aromatic rings. The van der Waals surface area contributed by atoms with Crippen LogP contribution in [0.4, 0.5) is 0 Å². The molecule has 29 heavy (non-hydrogen) atoms. The highest BCUT2D eigenvalue weighted by atomic mass is 79.9. The monoisotopic (exact) mass is 456 g/mol. The molecule has 0 spiro atoms. The predicted molar refractivity (Wildman–Crippen MR) is 117 cm³/mol. The molecule has 0 bridgehead atoms. The van der Waals surface area contributed by atoms with Gasteiger partial charge in [-0.1, -0.05) is 37.3 Å². The number of ether oxygens (including phenoxy) is 2. The van der Waals surface area contributed by atoms with Crippen molar-refractivity contribution < 1.29 is 19.4 Å². The number of hydrazone groups is 1. The summed E-state index contributed by atoms with van der Waals surface area (Å²) in [5.74, 6) is 0.810. The van der Waals surface area contributed by atoms with Gasteiger partial charge in [-0.25, -0.2) is 5.43 Å². The predicted octanol–water partition coefficient (Wildman–Crippen LogP) is 4.62. The molecule has 0 aliphatic carbocycles. The van der Waals surface area contributed by atoms with Gasteiger partial charge in [-0.2, -0.15) is 5.10 Å². The number of rotatable bonds is 7.